The molecule has 2 rings (SSSR count). The van der Waals surface area contributed by atoms with Gasteiger partial charge < -0.3 is 16.0 Å². The summed E-state index contributed by atoms with van der Waals surface area (Å²) in [6, 6.07) is 2.16. The predicted octanol–water partition coefficient (Wildman–Crippen LogP) is 1.98. The Bertz CT molecular complexity index is 622. The van der Waals surface area contributed by atoms with Crippen molar-refractivity contribution in [2.45, 2.75) is 26.8 Å². The van der Waals surface area contributed by atoms with Gasteiger partial charge in [-0.3, -0.25) is 4.79 Å². The minimum absolute atomic E-state index is 0.0512. The fourth-order valence-corrected chi connectivity index (χ4v) is 2.70. The van der Waals surface area contributed by atoms with Crippen molar-refractivity contribution in [1.82, 2.24) is 15.3 Å². The highest BCUT2D eigenvalue weighted by Crippen LogP contribution is 2.29. The first-order valence-electron chi connectivity index (χ1n) is 6.48. The first kappa shape index (κ1) is 14.5. The normalized spacial score (nSPS) is 10.8. The second-order valence-electron chi connectivity index (χ2n) is 4.80. The Kier molecular flexibility index (Phi) is 4.39. The van der Waals surface area contributed by atoms with Crippen LogP contribution in [-0.2, 0) is 4.79 Å². The Balaban J connectivity index is 2.21. The first-order chi connectivity index (χ1) is 9.49. The number of nitrogens with one attached hydrogen (secondary N) is 3. The molecular weight excluding hydrogens is 274 g/mol. The van der Waals surface area contributed by atoms with Gasteiger partial charge in [-0.05, 0) is 26.8 Å². The summed E-state index contributed by atoms with van der Waals surface area (Å²) in [5, 5.41) is 9.80. The van der Waals surface area contributed by atoms with Crippen LogP contribution in [-0.4, -0.2) is 35.5 Å². The van der Waals surface area contributed by atoms with E-state index in [4.69, 9.17) is 0 Å². The van der Waals surface area contributed by atoms with Gasteiger partial charge >= 0.3 is 0 Å². The largest absolute Gasteiger partial charge is 0.360 e. The second kappa shape index (κ2) is 6.04. The standard InChI is InChI=1S/C13H19N5OS/c1-7(2)16-10(19)6-15-11-9-5-8(3)20-12(9)18-13(14-4)17-11/h5,7H,6H2,1-4H3,(H,16,19)(H2,14,15,17,18). The zero-order valence-corrected chi connectivity index (χ0v) is 12.9. The zero-order chi connectivity index (χ0) is 14.7. The number of hydrogen-bond donors (Lipinski definition) is 3. The van der Waals surface area contributed by atoms with Crippen molar-refractivity contribution in [3.63, 3.8) is 0 Å². The van der Waals surface area contributed by atoms with Gasteiger partial charge in [0.05, 0.1) is 11.9 Å². The average molecular weight is 293 g/mol. The predicted molar refractivity (Wildman–Crippen MR) is 83.5 cm³/mol. The molecule has 3 N–H and O–H groups in total. The minimum Gasteiger partial charge on any atom is -0.360 e. The lowest BCUT2D eigenvalue weighted by molar-refractivity contribution is -0.119. The zero-order valence-electron chi connectivity index (χ0n) is 12.1. The number of aromatic nitrogens is 2. The number of amides is 1. The van der Waals surface area contributed by atoms with Crippen LogP contribution in [0.5, 0.6) is 0 Å². The lowest BCUT2D eigenvalue weighted by atomic mass is 10.3. The molecule has 0 saturated heterocycles. The van der Waals surface area contributed by atoms with Crippen LogP contribution in [0.4, 0.5) is 11.8 Å². The van der Waals surface area contributed by atoms with Crippen molar-refractivity contribution in [3.8, 4) is 0 Å². The Hall–Kier alpha value is -1.89. The average Bonchev–Trinajstić information content (AvgIpc) is 2.75. The third kappa shape index (κ3) is 3.36. The molecule has 2 aromatic rings. The lowest BCUT2D eigenvalue weighted by Crippen LogP contribution is -2.35. The van der Waals surface area contributed by atoms with E-state index in [9.17, 15) is 4.79 Å². The van der Waals surface area contributed by atoms with Crippen molar-refractivity contribution in [2.24, 2.45) is 0 Å². The highest BCUT2D eigenvalue weighted by molar-refractivity contribution is 7.18. The molecule has 0 aliphatic heterocycles. The maximum atomic E-state index is 11.7. The van der Waals surface area contributed by atoms with E-state index in [1.807, 2.05) is 26.8 Å². The van der Waals surface area contributed by atoms with Crippen molar-refractivity contribution in [3.05, 3.63) is 10.9 Å². The van der Waals surface area contributed by atoms with Crippen molar-refractivity contribution in [2.75, 3.05) is 24.2 Å². The van der Waals surface area contributed by atoms with E-state index in [1.165, 1.54) is 0 Å². The van der Waals surface area contributed by atoms with Gasteiger partial charge in [0, 0.05) is 18.0 Å². The number of carbonyl (C=O) groups is 1. The molecule has 1 amide bonds. The molecule has 108 valence electrons. The van der Waals surface area contributed by atoms with Crippen molar-refractivity contribution in [1.29, 1.82) is 0 Å². The molecule has 0 radical (unpaired) electrons. The maximum Gasteiger partial charge on any atom is 0.239 e. The van der Waals surface area contributed by atoms with Crippen LogP contribution in [0.1, 0.15) is 18.7 Å². The molecule has 0 saturated carbocycles. The number of rotatable bonds is 5. The molecule has 0 aliphatic rings. The number of carbonyl (C=O) groups excluding carboxylic acids is 1. The van der Waals surface area contributed by atoms with Gasteiger partial charge in [-0.1, -0.05) is 0 Å². The maximum absolute atomic E-state index is 11.7. The molecule has 0 atom stereocenters. The summed E-state index contributed by atoms with van der Waals surface area (Å²) in [4.78, 5) is 22.6. The molecule has 0 unspecified atom stereocenters. The van der Waals surface area contributed by atoms with Gasteiger partial charge in [0.15, 0.2) is 0 Å². The summed E-state index contributed by atoms with van der Waals surface area (Å²) in [7, 11) is 1.77. The van der Waals surface area contributed by atoms with E-state index >= 15 is 0 Å². The van der Waals surface area contributed by atoms with E-state index in [1.54, 1.807) is 18.4 Å². The van der Waals surface area contributed by atoms with Crippen LogP contribution in [0.3, 0.4) is 0 Å². The van der Waals surface area contributed by atoms with E-state index in [-0.39, 0.29) is 18.5 Å². The monoisotopic (exact) mass is 293 g/mol. The summed E-state index contributed by atoms with van der Waals surface area (Å²) in [6.45, 7) is 6.09. The molecule has 6 nitrogen and oxygen atoms in total. The SMILES string of the molecule is CNc1nc(NCC(=O)NC(C)C)c2cc(C)sc2n1. The fourth-order valence-electron chi connectivity index (χ4n) is 1.83. The smallest absolute Gasteiger partial charge is 0.239 e. The fraction of sp³-hybridized carbons (Fsp3) is 0.462. The van der Waals surface area contributed by atoms with Gasteiger partial charge in [0.1, 0.15) is 10.6 Å². The third-order valence-electron chi connectivity index (χ3n) is 2.61. The Morgan fingerprint density at radius 1 is 1.40 bits per heavy atom. The Morgan fingerprint density at radius 3 is 2.80 bits per heavy atom. The highest BCUT2D eigenvalue weighted by atomic mass is 32.1. The second-order valence-corrected chi connectivity index (χ2v) is 6.03. The summed E-state index contributed by atoms with van der Waals surface area (Å²) in [6.07, 6.45) is 0. The third-order valence-corrected chi connectivity index (χ3v) is 3.55. The van der Waals surface area contributed by atoms with Gasteiger partial charge in [-0.15, -0.1) is 11.3 Å². The van der Waals surface area contributed by atoms with Crippen LogP contribution >= 0.6 is 11.3 Å². The molecule has 0 spiro atoms. The Labute approximate surface area is 122 Å². The molecule has 2 heterocycles. The van der Waals surface area contributed by atoms with Gasteiger partial charge in [-0.25, -0.2) is 4.98 Å². The summed E-state index contributed by atoms with van der Waals surface area (Å²) in [5.74, 6) is 1.18. The molecule has 0 aromatic carbocycles. The van der Waals surface area contributed by atoms with Gasteiger partial charge in [0.2, 0.25) is 11.9 Å². The number of anilines is 2. The Morgan fingerprint density at radius 2 is 2.15 bits per heavy atom. The molecular formula is C13H19N5OS. The van der Waals surface area contributed by atoms with Crippen LogP contribution in [0, 0.1) is 6.92 Å². The van der Waals surface area contributed by atoms with Crippen molar-refractivity contribution >= 4 is 39.2 Å². The first-order valence-corrected chi connectivity index (χ1v) is 7.30. The van der Waals surface area contributed by atoms with Crippen LogP contribution in [0.15, 0.2) is 6.07 Å². The molecule has 0 aliphatic carbocycles. The number of fused-ring (bicyclic) bond motifs is 1. The minimum atomic E-state index is -0.0512. The molecule has 2 aromatic heterocycles. The van der Waals surface area contributed by atoms with Crippen LogP contribution < -0.4 is 16.0 Å². The topological polar surface area (TPSA) is 78.9 Å². The van der Waals surface area contributed by atoms with E-state index < -0.39 is 0 Å². The van der Waals surface area contributed by atoms with E-state index in [2.05, 4.69) is 25.9 Å². The molecule has 7 heteroatoms. The van der Waals surface area contributed by atoms with Crippen LogP contribution in [0.2, 0.25) is 0 Å². The van der Waals surface area contributed by atoms with Crippen LogP contribution in [0.25, 0.3) is 10.2 Å². The van der Waals surface area contributed by atoms with E-state index in [0.717, 1.165) is 15.1 Å². The summed E-state index contributed by atoms with van der Waals surface area (Å²) >= 11 is 1.61. The molecule has 0 bridgehead atoms. The van der Waals surface area contributed by atoms with E-state index in [0.29, 0.717) is 11.8 Å². The number of hydrogen-bond acceptors (Lipinski definition) is 6. The number of aryl methyl sites for hydroxylation is 1. The summed E-state index contributed by atoms with van der Waals surface area (Å²) < 4.78 is 0. The number of nitrogens with zero attached hydrogens (tertiary/aromatic N) is 2. The molecule has 0 fully saturated rings. The van der Waals surface area contributed by atoms with Gasteiger partial charge in [0.25, 0.3) is 0 Å². The lowest BCUT2D eigenvalue weighted by Gasteiger charge is -2.10. The van der Waals surface area contributed by atoms with Crippen molar-refractivity contribution < 1.29 is 4.79 Å². The quantitative estimate of drug-likeness (QED) is 0.785. The highest BCUT2D eigenvalue weighted by Gasteiger charge is 2.11. The molecule has 20 heavy (non-hydrogen) atoms. The summed E-state index contributed by atoms with van der Waals surface area (Å²) in [5.41, 5.74) is 0. The number of thiophene rings is 1. The van der Waals surface area contributed by atoms with Gasteiger partial charge in [-0.2, -0.15) is 4.98 Å².